The van der Waals surface area contributed by atoms with Crippen LogP contribution in [-0.2, 0) is 11.3 Å². The summed E-state index contributed by atoms with van der Waals surface area (Å²) in [7, 11) is 0. The normalized spacial score (nSPS) is 12.0. The first-order valence-electron chi connectivity index (χ1n) is 9.80. The lowest BCUT2D eigenvalue weighted by molar-refractivity contribution is 0.139. The molecule has 1 aromatic carbocycles. The van der Waals surface area contributed by atoms with E-state index in [1.165, 1.54) is 0 Å². The number of benzene rings is 1. The monoisotopic (exact) mass is 397 g/mol. The van der Waals surface area contributed by atoms with Gasteiger partial charge in [0.1, 0.15) is 5.52 Å². The van der Waals surface area contributed by atoms with E-state index in [4.69, 9.17) is 16.2 Å². The van der Waals surface area contributed by atoms with Crippen LogP contribution < -0.4 is 16.8 Å². The second-order valence-electron chi connectivity index (χ2n) is 6.82. The fraction of sp³-hybridized carbons (Fsp3) is 0.400. The van der Waals surface area contributed by atoms with Gasteiger partial charge in [-0.1, -0.05) is 43.7 Å². The van der Waals surface area contributed by atoms with E-state index in [1.807, 2.05) is 34.9 Å². The molecule has 3 rings (SSSR count). The minimum atomic E-state index is -0.395. The third kappa shape index (κ3) is 5.34. The second kappa shape index (κ2) is 9.72. The zero-order valence-electron chi connectivity index (χ0n) is 16.5. The maximum absolute atomic E-state index is 12.1. The fourth-order valence-electron chi connectivity index (χ4n) is 3.18. The predicted molar refractivity (Wildman–Crippen MR) is 112 cm³/mol. The van der Waals surface area contributed by atoms with Gasteiger partial charge >= 0.3 is 6.09 Å². The number of amides is 1. The van der Waals surface area contributed by atoms with E-state index in [9.17, 15) is 4.79 Å². The van der Waals surface area contributed by atoms with Crippen molar-refractivity contribution in [1.82, 2.24) is 24.8 Å². The Morgan fingerprint density at radius 1 is 1.21 bits per heavy atom. The maximum Gasteiger partial charge on any atom is 0.407 e. The van der Waals surface area contributed by atoms with E-state index in [1.54, 1.807) is 6.33 Å². The lowest BCUT2D eigenvalue weighted by Crippen LogP contribution is -2.29. The summed E-state index contributed by atoms with van der Waals surface area (Å²) in [5.74, 6) is 0.392. The molecular formula is C20H27N7O2. The Kier molecular flexibility index (Phi) is 6.83. The summed E-state index contributed by atoms with van der Waals surface area (Å²) in [4.78, 5) is 24.5. The first kappa shape index (κ1) is 20.4. The second-order valence-corrected chi connectivity index (χ2v) is 6.82. The number of anilines is 2. The molecule has 2 aromatic heterocycles. The average Bonchev–Trinajstić information content (AvgIpc) is 3.11. The highest BCUT2D eigenvalue weighted by Gasteiger charge is 2.14. The first-order chi connectivity index (χ1) is 14.1. The van der Waals surface area contributed by atoms with Crippen LogP contribution in [0, 0.1) is 0 Å². The number of carbonyl (C=O) groups is 1. The number of unbranched alkanes of at least 4 members (excludes halogenated alkanes) is 1. The van der Waals surface area contributed by atoms with E-state index in [0.717, 1.165) is 24.8 Å². The van der Waals surface area contributed by atoms with Gasteiger partial charge in [-0.25, -0.2) is 9.78 Å². The largest absolute Gasteiger partial charge is 0.450 e. The Morgan fingerprint density at radius 3 is 2.76 bits per heavy atom. The van der Waals surface area contributed by atoms with Gasteiger partial charge in [0.15, 0.2) is 11.5 Å². The fourth-order valence-corrected chi connectivity index (χ4v) is 3.18. The third-order valence-corrected chi connectivity index (χ3v) is 4.61. The number of ether oxygens (including phenoxy) is 1. The highest BCUT2D eigenvalue weighted by Crippen LogP contribution is 2.19. The van der Waals surface area contributed by atoms with Gasteiger partial charge in [-0.15, -0.1) is 0 Å². The molecule has 29 heavy (non-hydrogen) atoms. The molecule has 0 unspecified atom stereocenters. The van der Waals surface area contributed by atoms with Crippen molar-refractivity contribution in [3.05, 3.63) is 42.2 Å². The van der Waals surface area contributed by atoms with E-state index < -0.39 is 6.09 Å². The lowest BCUT2D eigenvalue weighted by Gasteiger charge is -2.18. The molecule has 0 fully saturated rings. The minimum Gasteiger partial charge on any atom is -0.450 e. The molecule has 0 bridgehead atoms. The summed E-state index contributed by atoms with van der Waals surface area (Å²) in [6.45, 7) is 3.10. The summed E-state index contributed by atoms with van der Waals surface area (Å²) in [6.07, 6.45) is 4.61. The highest BCUT2D eigenvalue weighted by molar-refractivity contribution is 5.82. The van der Waals surface area contributed by atoms with Gasteiger partial charge < -0.3 is 26.1 Å². The number of rotatable bonds is 9. The van der Waals surface area contributed by atoms with Crippen molar-refractivity contribution in [2.45, 2.75) is 45.2 Å². The van der Waals surface area contributed by atoms with Crippen LogP contribution in [0.4, 0.5) is 16.6 Å². The Bertz CT molecular complexity index is 943. The van der Waals surface area contributed by atoms with Crippen LogP contribution in [0.1, 0.15) is 44.2 Å². The van der Waals surface area contributed by atoms with E-state index in [-0.39, 0.29) is 17.8 Å². The van der Waals surface area contributed by atoms with Crippen molar-refractivity contribution in [3.8, 4) is 0 Å². The molecule has 154 valence electrons. The van der Waals surface area contributed by atoms with Gasteiger partial charge in [-0.2, -0.15) is 9.97 Å². The summed E-state index contributed by atoms with van der Waals surface area (Å²) >= 11 is 0. The van der Waals surface area contributed by atoms with Crippen molar-refractivity contribution in [2.75, 3.05) is 18.1 Å². The van der Waals surface area contributed by atoms with Crippen molar-refractivity contribution < 1.29 is 9.53 Å². The smallest absolute Gasteiger partial charge is 0.407 e. The zero-order chi connectivity index (χ0) is 20.6. The Labute approximate surface area is 169 Å². The number of alkyl carbamates (subject to hydrolysis) is 1. The van der Waals surface area contributed by atoms with Crippen LogP contribution in [0.25, 0.3) is 11.2 Å². The SMILES string of the molecule is CCC[C@@H](NC(=O)OCCCCn1cnc2c(N)nc(N)nc21)c1ccccc1. The lowest BCUT2D eigenvalue weighted by atomic mass is 10.0. The van der Waals surface area contributed by atoms with Crippen molar-refractivity contribution in [2.24, 2.45) is 0 Å². The van der Waals surface area contributed by atoms with Crippen LogP contribution in [0.15, 0.2) is 36.7 Å². The Balaban J connectivity index is 1.44. The number of nitrogens with zero attached hydrogens (tertiary/aromatic N) is 4. The minimum absolute atomic E-state index is 0.0402. The van der Waals surface area contributed by atoms with Crippen LogP contribution in [0.3, 0.4) is 0 Å². The molecule has 3 aromatic rings. The third-order valence-electron chi connectivity index (χ3n) is 4.61. The molecule has 2 heterocycles. The molecule has 1 amide bonds. The van der Waals surface area contributed by atoms with E-state index in [0.29, 0.717) is 30.7 Å². The summed E-state index contributed by atoms with van der Waals surface area (Å²) < 4.78 is 7.22. The van der Waals surface area contributed by atoms with Crippen LogP contribution in [0.2, 0.25) is 0 Å². The van der Waals surface area contributed by atoms with Crippen molar-refractivity contribution in [3.63, 3.8) is 0 Å². The Hall–Kier alpha value is -3.36. The Morgan fingerprint density at radius 2 is 2.00 bits per heavy atom. The molecule has 9 nitrogen and oxygen atoms in total. The molecule has 0 spiro atoms. The standard InChI is InChI=1S/C20H27N7O2/c1-2-8-15(14-9-4-3-5-10-14)24-20(28)29-12-7-6-11-27-13-23-16-17(21)25-19(22)26-18(16)27/h3-5,9-10,13,15H,2,6-8,11-12H2,1H3,(H,24,28)(H4,21,22,25,26)/t15-/m1/s1. The quantitative estimate of drug-likeness (QED) is 0.472. The van der Waals surface area contributed by atoms with Gasteiger partial charge in [0.05, 0.1) is 19.0 Å². The summed E-state index contributed by atoms with van der Waals surface area (Å²) in [6, 6.07) is 9.89. The predicted octanol–water partition coefficient (Wildman–Crippen LogP) is 3.04. The topological polar surface area (TPSA) is 134 Å². The molecular weight excluding hydrogens is 370 g/mol. The number of hydrogen-bond acceptors (Lipinski definition) is 7. The molecule has 0 aliphatic heterocycles. The first-order valence-corrected chi connectivity index (χ1v) is 9.80. The zero-order valence-corrected chi connectivity index (χ0v) is 16.5. The summed E-state index contributed by atoms with van der Waals surface area (Å²) in [5.41, 5.74) is 13.7. The molecule has 0 saturated carbocycles. The molecule has 0 saturated heterocycles. The number of aryl methyl sites for hydroxylation is 1. The van der Waals surface area contributed by atoms with Gasteiger partial charge in [0.25, 0.3) is 0 Å². The molecule has 9 heteroatoms. The van der Waals surface area contributed by atoms with Crippen molar-refractivity contribution in [1.29, 1.82) is 0 Å². The van der Waals surface area contributed by atoms with Crippen LogP contribution in [-0.4, -0.2) is 32.2 Å². The van der Waals surface area contributed by atoms with Gasteiger partial charge in [-0.05, 0) is 24.8 Å². The number of hydrogen-bond donors (Lipinski definition) is 3. The molecule has 5 N–H and O–H groups in total. The van der Waals surface area contributed by atoms with Gasteiger partial charge in [-0.3, -0.25) is 0 Å². The molecule has 0 radical (unpaired) electrons. The molecule has 0 aliphatic rings. The number of imidazole rings is 1. The highest BCUT2D eigenvalue weighted by atomic mass is 16.5. The van der Waals surface area contributed by atoms with E-state index in [2.05, 4.69) is 27.2 Å². The molecule has 0 aliphatic carbocycles. The number of carbonyl (C=O) groups excluding carboxylic acids is 1. The van der Waals surface area contributed by atoms with Crippen molar-refractivity contribution >= 4 is 29.0 Å². The van der Waals surface area contributed by atoms with Gasteiger partial charge in [0, 0.05) is 6.54 Å². The number of nitrogen functional groups attached to an aromatic ring is 2. The average molecular weight is 397 g/mol. The number of fused-ring (bicyclic) bond motifs is 1. The van der Waals surface area contributed by atoms with Crippen LogP contribution in [0.5, 0.6) is 0 Å². The van der Waals surface area contributed by atoms with Gasteiger partial charge in [0.2, 0.25) is 5.95 Å². The maximum atomic E-state index is 12.1. The van der Waals surface area contributed by atoms with E-state index >= 15 is 0 Å². The summed E-state index contributed by atoms with van der Waals surface area (Å²) in [5, 5.41) is 2.95. The number of aromatic nitrogens is 4. The number of nitrogens with two attached hydrogens (primary N) is 2. The molecule has 1 atom stereocenters. The number of nitrogens with one attached hydrogen (secondary N) is 1. The van der Waals surface area contributed by atoms with Crippen LogP contribution >= 0.6 is 0 Å².